The Morgan fingerprint density at radius 3 is 2.44 bits per heavy atom. The highest BCUT2D eigenvalue weighted by Gasteiger charge is 1.92. The second-order valence-electron chi connectivity index (χ2n) is 2.06. The van der Waals surface area contributed by atoms with Crippen LogP contribution in [0.2, 0.25) is 0 Å². The van der Waals surface area contributed by atoms with Gasteiger partial charge in [0.1, 0.15) is 0 Å². The maximum atomic E-state index is 5.02. The molecule has 9 heavy (non-hydrogen) atoms. The van der Waals surface area contributed by atoms with Crippen molar-refractivity contribution in [1.29, 1.82) is 0 Å². The first-order valence-electron chi connectivity index (χ1n) is 2.99. The third kappa shape index (κ3) is 4.15. The molecular formula is C7H13NS. The highest BCUT2D eigenvalue weighted by molar-refractivity contribution is 7.80. The molecule has 0 bridgehead atoms. The van der Waals surface area contributed by atoms with Crippen molar-refractivity contribution in [2.45, 2.75) is 13.3 Å². The number of rotatable bonds is 2. The standard InChI is InChI=1S/C7H13NS/c1-4-5-6-7(9)8(2)3/h4-5H,6H2,1-3H3/b5-4-. The van der Waals surface area contributed by atoms with Crippen LogP contribution in [0, 0.1) is 0 Å². The van der Waals surface area contributed by atoms with Gasteiger partial charge in [0, 0.05) is 20.5 Å². The number of thiocarbonyl (C=S) groups is 1. The summed E-state index contributed by atoms with van der Waals surface area (Å²) in [6, 6.07) is 0. The highest BCUT2D eigenvalue weighted by atomic mass is 32.1. The van der Waals surface area contributed by atoms with Crippen LogP contribution in [0.15, 0.2) is 12.2 Å². The van der Waals surface area contributed by atoms with Crippen LogP contribution in [-0.2, 0) is 0 Å². The van der Waals surface area contributed by atoms with Gasteiger partial charge in [0.15, 0.2) is 0 Å². The Bertz CT molecular complexity index is 116. The molecule has 0 aromatic heterocycles. The molecule has 0 spiro atoms. The lowest BCUT2D eigenvalue weighted by molar-refractivity contribution is 0.626. The minimum atomic E-state index is 0.888. The quantitative estimate of drug-likeness (QED) is 0.428. The summed E-state index contributed by atoms with van der Waals surface area (Å²) in [5, 5.41) is 0. The average Bonchev–Trinajstić information content (AvgIpc) is 1.82. The molecule has 0 rings (SSSR count). The van der Waals surface area contributed by atoms with Crippen molar-refractivity contribution in [3.63, 3.8) is 0 Å². The molecule has 0 unspecified atom stereocenters. The minimum absolute atomic E-state index is 0.888. The lowest BCUT2D eigenvalue weighted by Gasteiger charge is -2.10. The van der Waals surface area contributed by atoms with Gasteiger partial charge in [-0.3, -0.25) is 0 Å². The van der Waals surface area contributed by atoms with E-state index >= 15 is 0 Å². The first-order valence-corrected chi connectivity index (χ1v) is 3.40. The topological polar surface area (TPSA) is 3.24 Å². The van der Waals surface area contributed by atoms with Crippen molar-refractivity contribution in [2.75, 3.05) is 14.1 Å². The summed E-state index contributed by atoms with van der Waals surface area (Å²) in [6.07, 6.45) is 4.96. The second kappa shape index (κ2) is 4.50. The Labute approximate surface area is 62.4 Å². The van der Waals surface area contributed by atoms with Gasteiger partial charge in [-0.1, -0.05) is 24.4 Å². The van der Waals surface area contributed by atoms with E-state index in [0.717, 1.165) is 11.4 Å². The molecule has 0 N–H and O–H groups in total. The van der Waals surface area contributed by atoms with Gasteiger partial charge < -0.3 is 4.90 Å². The van der Waals surface area contributed by atoms with E-state index < -0.39 is 0 Å². The van der Waals surface area contributed by atoms with Crippen LogP contribution in [0.5, 0.6) is 0 Å². The Kier molecular flexibility index (Phi) is 4.32. The molecule has 0 fully saturated rings. The predicted molar refractivity (Wildman–Crippen MR) is 45.7 cm³/mol. The Hall–Kier alpha value is -0.370. The zero-order chi connectivity index (χ0) is 7.28. The number of allylic oxidation sites excluding steroid dienone is 1. The zero-order valence-electron chi connectivity index (χ0n) is 6.22. The Morgan fingerprint density at radius 1 is 1.56 bits per heavy atom. The van der Waals surface area contributed by atoms with Gasteiger partial charge in [0.05, 0.1) is 4.99 Å². The summed E-state index contributed by atoms with van der Waals surface area (Å²) < 4.78 is 0. The SMILES string of the molecule is C/C=C\CC(=S)N(C)C. The highest BCUT2D eigenvalue weighted by Crippen LogP contribution is 1.91. The molecule has 0 atom stereocenters. The minimum Gasteiger partial charge on any atom is -0.372 e. The van der Waals surface area contributed by atoms with Crippen LogP contribution in [0.3, 0.4) is 0 Å². The molecule has 0 amide bonds. The zero-order valence-corrected chi connectivity index (χ0v) is 7.03. The van der Waals surface area contributed by atoms with E-state index in [0.29, 0.717) is 0 Å². The fourth-order valence-corrected chi connectivity index (χ4v) is 0.497. The molecule has 0 aliphatic heterocycles. The fourth-order valence-electron chi connectivity index (χ4n) is 0.401. The molecule has 1 nitrogen and oxygen atoms in total. The average molecular weight is 143 g/mol. The van der Waals surface area contributed by atoms with Crippen LogP contribution in [-0.4, -0.2) is 24.0 Å². The van der Waals surface area contributed by atoms with Gasteiger partial charge in [-0.2, -0.15) is 0 Å². The smallest absolute Gasteiger partial charge is 0.0812 e. The van der Waals surface area contributed by atoms with Crippen molar-refractivity contribution < 1.29 is 0 Å². The lowest BCUT2D eigenvalue weighted by atomic mass is 10.4. The summed E-state index contributed by atoms with van der Waals surface area (Å²) in [6.45, 7) is 2.00. The Morgan fingerprint density at radius 2 is 2.11 bits per heavy atom. The van der Waals surface area contributed by atoms with E-state index in [-0.39, 0.29) is 0 Å². The van der Waals surface area contributed by atoms with Crippen LogP contribution in [0.4, 0.5) is 0 Å². The van der Waals surface area contributed by atoms with E-state index in [1.165, 1.54) is 0 Å². The third-order valence-corrected chi connectivity index (χ3v) is 1.56. The largest absolute Gasteiger partial charge is 0.372 e. The van der Waals surface area contributed by atoms with E-state index in [1.807, 2.05) is 32.0 Å². The maximum Gasteiger partial charge on any atom is 0.0812 e. The van der Waals surface area contributed by atoms with Crippen LogP contribution >= 0.6 is 12.2 Å². The molecule has 2 heteroatoms. The van der Waals surface area contributed by atoms with E-state index in [2.05, 4.69) is 6.08 Å². The van der Waals surface area contributed by atoms with Gasteiger partial charge in [-0.15, -0.1) is 0 Å². The number of hydrogen-bond acceptors (Lipinski definition) is 1. The van der Waals surface area contributed by atoms with Crippen LogP contribution in [0.1, 0.15) is 13.3 Å². The summed E-state index contributed by atoms with van der Waals surface area (Å²) in [5.41, 5.74) is 0. The van der Waals surface area contributed by atoms with Crippen LogP contribution in [0.25, 0.3) is 0 Å². The van der Waals surface area contributed by atoms with Gasteiger partial charge in [-0.25, -0.2) is 0 Å². The summed E-state index contributed by atoms with van der Waals surface area (Å²) in [7, 11) is 3.93. The molecule has 0 saturated heterocycles. The molecule has 0 aromatic carbocycles. The summed E-state index contributed by atoms with van der Waals surface area (Å²) >= 11 is 5.02. The lowest BCUT2D eigenvalue weighted by Crippen LogP contribution is -2.18. The normalized spacial score (nSPS) is 10.1. The first-order chi connectivity index (χ1) is 4.18. The molecule has 0 radical (unpaired) electrons. The number of hydrogen-bond donors (Lipinski definition) is 0. The van der Waals surface area contributed by atoms with Crippen molar-refractivity contribution >= 4 is 17.2 Å². The van der Waals surface area contributed by atoms with Gasteiger partial charge in [0.2, 0.25) is 0 Å². The fraction of sp³-hybridized carbons (Fsp3) is 0.571. The molecule has 0 aromatic rings. The van der Waals surface area contributed by atoms with Crippen molar-refractivity contribution in [1.82, 2.24) is 4.90 Å². The summed E-state index contributed by atoms with van der Waals surface area (Å²) in [5.74, 6) is 0. The van der Waals surface area contributed by atoms with E-state index in [4.69, 9.17) is 12.2 Å². The molecular weight excluding hydrogens is 130 g/mol. The van der Waals surface area contributed by atoms with E-state index in [1.54, 1.807) is 0 Å². The molecule has 0 heterocycles. The maximum absolute atomic E-state index is 5.02. The van der Waals surface area contributed by atoms with Gasteiger partial charge in [0.25, 0.3) is 0 Å². The monoisotopic (exact) mass is 143 g/mol. The van der Waals surface area contributed by atoms with Crippen molar-refractivity contribution in [3.05, 3.63) is 12.2 Å². The van der Waals surface area contributed by atoms with Gasteiger partial charge >= 0.3 is 0 Å². The predicted octanol–water partition coefficient (Wildman–Crippen LogP) is 1.84. The van der Waals surface area contributed by atoms with Gasteiger partial charge in [-0.05, 0) is 6.92 Å². The van der Waals surface area contributed by atoms with E-state index in [9.17, 15) is 0 Å². The molecule has 0 saturated carbocycles. The van der Waals surface area contributed by atoms with Crippen LogP contribution < -0.4 is 0 Å². The Balaban J connectivity index is 3.51. The molecule has 0 aliphatic rings. The van der Waals surface area contributed by atoms with Crippen molar-refractivity contribution in [3.8, 4) is 0 Å². The third-order valence-electron chi connectivity index (χ3n) is 1.03. The molecule has 0 aliphatic carbocycles. The second-order valence-corrected chi connectivity index (χ2v) is 2.53. The summed E-state index contributed by atoms with van der Waals surface area (Å²) in [4.78, 5) is 2.93. The molecule has 52 valence electrons. The van der Waals surface area contributed by atoms with Crippen molar-refractivity contribution in [2.24, 2.45) is 0 Å². The number of nitrogens with zero attached hydrogens (tertiary/aromatic N) is 1. The first kappa shape index (κ1) is 8.63.